The van der Waals surface area contributed by atoms with Gasteiger partial charge < -0.3 is 10.1 Å². The lowest BCUT2D eigenvalue weighted by Crippen LogP contribution is -2.52. The molecule has 2 rings (SSSR count). The van der Waals surface area contributed by atoms with Crippen LogP contribution >= 0.6 is 0 Å². The summed E-state index contributed by atoms with van der Waals surface area (Å²) in [6.07, 6.45) is -0.309. The third-order valence-corrected chi connectivity index (χ3v) is 3.70. The van der Waals surface area contributed by atoms with Crippen molar-refractivity contribution in [3.63, 3.8) is 0 Å². The summed E-state index contributed by atoms with van der Waals surface area (Å²) < 4.78 is 32.5. The van der Waals surface area contributed by atoms with Crippen LogP contribution in [0.3, 0.4) is 0 Å². The molecule has 1 aliphatic heterocycles. The SMILES string of the molecule is CC(C)C1(C)CNCC(c2cc(F)cc(F)c2)O1. The van der Waals surface area contributed by atoms with Crippen LogP contribution in [0, 0.1) is 17.6 Å². The normalized spacial score (nSPS) is 28.7. The van der Waals surface area contributed by atoms with Gasteiger partial charge in [0.25, 0.3) is 0 Å². The summed E-state index contributed by atoms with van der Waals surface area (Å²) in [5.41, 5.74) is 0.234. The third kappa shape index (κ3) is 2.70. The van der Waals surface area contributed by atoms with Gasteiger partial charge in [0.15, 0.2) is 0 Å². The molecule has 100 valence electrons. The molecule has 4 heteroatoms. The molecule has 2 atom stereocenters. The van der Waals surface area contributed by atoms with Gasteiger partial charge in [0.1, 0.15) is 11.6 Å². The van der Waals surface area contributed by atoms with E-state index in [1.165, 1.54) is 12.1 Å². The van der Waals surface area contributed by atoms with Gasteiger partial charge in [0, 0.05) is 19.2 Å². The van der Waals surface area contributed by atoms with Crippen molar-refractivity contribution in [1.29, 1.82) is 0 Å². The lowest BCUT2D eigenvalue weighted by molar-refractivity contribution is -0.132. The minimum Gasteiger partial charge on any atom is -0.364 e. The minimum atomic E-state index is -0.564. The lowest BCUT2D eigenvalue weighted by Gasteiger charge is -2.42. The maximum atomic E-state index is 13.2. The highest BCUT2D eigenvalue weighted by Gasteiger charge is 2.36. The van der Waals surface area contributed by atoms with Gasteiger partial charge in [-0.05, 0) is 30.5 Å². The monoisotopic (exact) mass is 255 g/mol. The number of rotatable bonds is 2. The first-order valence-corrected chi connectivity index (χ1v) is 6.25. The topological polar surface area (TPSA) is 21.3 Å². The molecular weight excluding hydrogens is 236 g/mol. The van der Waals surface area contributed by atoms with Crippen LogP contribution in [-0.4, -0.2) is 18.7 Å². The second kappa shape index (κ2) is 4.94. The molecule has 0 amide bonds. The zero-order chi connectivity index (χ0) is 13.3. The molecule has 0 bridgehead atoms. The molecule has 1 aromatic rings. The molecule has 1 saturated heterocycles. The van der Waals surface area contributed by atoms with E-state index in [9.17, 15) is 8.78 Å². The molecule has 1 N–H and O–H groups in total. The third-order valence-electron chi connectivity index (χ3n) is 3.70. The van der Waals surface area contributed by atoms with E-state index in [1.54, 1.807) is 0 Å². The van der Waals surface area contributed by atoms with Crippen LogP contribution in [-0.2, 0) is 4.74 Å². The number of hydrogen-bond acceptors (Lipinski definition) is 2. The minimum absolute atomic E-state index is 0.309. The Bertz CT molecular complexity index is 416. The Balaban J connectivity index is 2.23. The van der Waals surface area contributed by atoms with Crippen LogP contribution in [0.4, 0.5) is 8.78 Å². The van der Waals surface area contributed by atoms with E-state index in [4.69, 9.17) is 4.74 Å². The van der Waals surface area contributed by atoms with Gasteiger partial charge in [-0.2, -0.15) is 0 Å². The maximum Gasteiger partial charge on any atom is 0.126 e. The summed E-state index contributed by atoms with van der Waals surface area (Å²) in [6, 6.07) is 3.55. The molecule has 0 aromatic heterocycles. The quantitative estimate of drug-likeness (QED) is 0.877. The number of benzene rings is 1. The largest absolute Gasteiger partial charge is 0.364 e. The summed E-state index contributed by atoms with van der Waals surface area (Å²) >= 11 is 0. The van der Waals surface area contributed by atoms with Gasteiger partial charge in [0.2, 0.25) is 0 Å². The summed E-state index contributed by atoms with van der Waals surface area (Å²) in [5, 5.41) is 3.27. The van der Waals surface area contributed by atoms with Gasteiger partial charge in [-0.1, -0.05) is 13.8 Å². The zero-order valence-electron chi connectivity index (χ0n) is 11.0. The molecule has 2 nitrogen and oxygen atoms in total. The first kappa shape index (κ1) is 13.4. The van der Waals surface area contributed by atoms with Crippen LogP contribution < -0.4 is 5.32 Å². The van der Waals surface area contributed by atoms with E-state index >= 15 is 0 Å². The van der Waals surface area contributed by atoms with E-state index in [0.717, 1.165) is 12.6 Å². The molecule has 0 aliphatic carbocycles. The summed E-state index contributed by atoms with van der Waals surface area (Å²) in [7, 11) is 0. The average Bonchev–Trinajstić information content (AvgIpc) is 2.27. The van der Waals surface area contributed by atoms with Gasteiger partial charge in [-0.25, -0.2) is 8.78 Å². The first-order valence-electron chi connectivity index (χ1n) is 6.25. The fraction of sp³-hybridized carbons (Fsp3) is 0.571. The molecule has 2 unspecified atom stereocenters. The number of hydrogen-bond donors (Lipinski definition) is 1. The highest BCUT2D eigenvalue weighted by molar-refractivity contribution is 5.21. The van der Waals surface area contributed by atoms with Crippen molar-refractivity contribution in [2.24, 2.45) is 5.92 Å². The van der Waals surface area contributed by atoms with E-state index in [-0.39, 0.29) is 11.7 Å². The average molecular weight is 255 g/mol. The van der Waals surface area contributed by atoms with Gasteiger partial charge >= 0.3 is 0 Å². The van der Waals surface area contributed by atoms with Crippen molar-refractivity contribution >= 4 is 0 Å². The van der Waals surface area contributed by atoms with Crippen molar-refractivity contribution < 1.29 is 13.5 Å². The Hall–Kier alpha value is -1.00. The molecule has 0 saturated carbocycles. The molecular formula is C14H19F2NO. The van der Waals surface area contributed by atoms with Crippen LogP contribution in [0.25, 0.3) is 0 Å². The van der Waals surface area contributed by atoms with Crippen LogP contribution in [0.15, 0.2) is 18.2 Å². The van der Waals surface area contributed by atoms with Gasteiger partial charge in [-0.15, -0.1) is 0 Å². The molecule has 0 spiro atoms. The van der Waals surface area contributed by atoms with Crippen molar-refractivity contribution in [2.45, 2.75) is 32.5 Å². The number of nitrogens with one attached hydrogen (secondary N) is 1. The zero-order valence-corrected chi connectivity index (χ0v) is 11.0. The first-order chi connectivity index (χ1) is 8.40. The lowest BCUT2D eigenvalue weighted by atomic mass is 9.90. The van der Waals surface area contributed by atoms with Crippen LogP contribution in [0.2, 0.25) is 0 Å². The highest BCUT2D eigenvalue weighted by atomic mass is 19.1. The van der Waals surface area contributed by atoms with Crippen molar-refractivity contribution in [2.75, 3.05) is 13.1 Å². The molecule has 1 aromatic carbocycles. The van der Waals surface area contributed by atoms with E-state index in [1.807, 2.05) is 6.92 Å². The molecule has 18 heavy (non-hydrogen) atoms. The van der Waals surface area contributed by atoms with Crippen molar-refractivity contribution in [1.82, 2.24) is 5.32 Å². The van der Waals surface area contributed by atoms with Crippen LogP contribution in [0.5, 0.6) is 0 Å². The van der Waals surface area contributed by atoms with Gasteiger partial charge in [-0.3, -0.25) is 0 Å². The van der Waals surface area contributed by atoms with Crippen molar-refractivity contribution in [3.05, 3.63) is 35.4 Å². The molecule has 1 aliphatic rings. The van der Waals surface area contributed by atoms with E-state index < -0.39 is 11.6 Å². The number of morpholine rings is 1. The fourth-order valence-corrected chi connectivity index (χ4v) is 2.15. The number of halogens is 2. The molecule has 1 heterocycles. The Morgan fingerprint density at radius 1 is 1.28 bits per heavy atom. The predicted molar refractivity (Wildman–Crippen MR) is 66.3 cm³/mol. The Labute approximate surface area is 106 Å². The molecule has 1 fully saturated rings. The Morgan fingerprint density at radius 3 is 2.44 bits per heavy atom. The standard InChI is InChI=1S/C14H19F2NO/c1-9(2)14(3)8-17-7-13(18-14)10-4-11(15)6-12(16)5-10/h4-6,9,13,17H,7-8H2,1-3H3. The second-order valence-corrected chi connectivity index (χ2v) is 5.41. The Morgan fingerprint density at radius 2 is 1.89 bits per heavy atom. The van der Waals surface area contributed by atoms with E-state index in [0.29, 0.717) is 18.0 Å². The number of ether oxygens (including phenoxy) is 1. The maximum absolute atomic E-state index is 13.2. The summed E-state index contributed by atoms with van der Waals surface area (Å²) in [6.45, 7) is 7.50. The fourth-order valence-electron chi connectivity index (χ4n) is 2.15. The van der Waals surface area contributed by atoms with E-state index in [2.05, 4.69) is 19.2 Å². The second-order valence-electron chi connectivity index (χ2n) is 5.41. The Kier molecular flexibility index (Phi) is 3.69. The van der Waals surface area contributed by atoms with Gasteiger partial charge in [0.05, 0.1) is 11.7 Å². The van der Waals surface area contributed by atoms with Crippen LogP contribution in [0.1, 0.15) is 32.4 Å². The van der Waals surface area contributed by atoms with Crippen molar-refractivity contribution in [3.8, 4) is 0 Å². The molecule has 0 radical (unpaired) electrons. The predicted octanol–water partition coefficient (Wildman–Crippen LogP) is 3.04. The smallest absolute Gasteiger partial charge is 0.126 e. The highest BCUT2D eigenvalue weighted by Crippen LogP contribution is 2.32. The summed E-state index contributed by atoms with van der Waals surface area (Å²) in [4.78, 5) is 0. The summed E-state index contributed by atoms with van der Waals surface area (Å²) in [5.74, 6) is -0.804.